The zero-order valence-corrected chi connectivity index (χ0v) is 14.7. The molecule has 0 aliphatic heterocycles. The minimum absolute atomic E-state index is 0.106. The maximum Gasteiger partial charge on any atom is 0.221 e. The fourth-order valence-corrected chi connectivity index (χ4v) is 2.64. The number of carbonyl (C=O) groups is 1. The van der Waals surface area contributed by atoms with Gasteiger partial charge in [0.25, 0.3) is 0 Å². The number of methoxy groups -OCH3 is 1. The number of rotatable bonds is 4. The largest absolute Gasteiger partial charge is 0.497 e. The summed E-state index contributed by atoms with van der Waals surface area (Å²) in [4.78, 5) is 15.5. The fourth-order valence-electron chi connectivity index (χ4n) is 2.28. The van der Waals surface area contributed by atoms with Crippen molar-refractivity contribution >= 4 is 38.4 Å². The first-order chi connectivity index (χ1) is 11.9. The van der Waals surface area contributed by atoms with Crippen molar-refractivity contribution in [2.45, 2.75) is 6.92 Å². The van der Waals surface area contributed by atoms with Gasteiger partial charge < -0.3 is 14.8 Å². The summed E-state index contributed by atoms with van der Waals surface area (Å²) in [7, 11) is 1.54. The minimum Gasteiger partial charge on any atom is -0.497 e. The molecule has 0 bridgehead atoms. The first kappa shape index (κ1) is 15.0. The summed E-state index contributed by atoms with van der Waals surface area (Å²) in [6.45, 7) is 1.43. The molecular weight excluding hydrogens is 372 g/mol. The predicted octanol–water partition coefficient (Wildman–Crippen LogP) is 4.76. The van der Waals surface area contributed by atoms with Crippen LogP contribution in [0.4, 0.5) is 5.69 Å². The van der Waals surface area contributed by atoms with E-state index >= 15 is 0 Å². The number of aromatic nitrogens is 1. The molecule has 3 rings (SSSR count). The average molecular weight is 388 g/mol. The number of fused-ring (bicyclic) bond motifs is 1. The van der Waals surface area contributed by atoms with E-state index in [-0.39, 0.29) is 12.1 Å². The first-order valence-corrected chi connectivity index (χ1v) is 7.95. The van der Waals surface area contributed by atoms with E-state index in [9.17, 15) is 4.79 Å². The Bertz CT molecular complexity index is 962. The number of pyridine rings is 1. The van der Waals surface area contributed by atoms with Crippen molar-refractivity contribution in [1.82, 2.24) is 4.98 Å². The Kier molecular flexibility index (Phi) is 4.29. The maximum atomic E-state index is 11.3. The number of benzene rings is 2. The van der Waals surface area contributed by atoms with Gasteiger partial charge in [-0.15, -0.1) is 0 Å². The van der Waals surface area contributed by atoms with Gasteiger partial charge in [0.15, 0.2) is 0 Å². The van der Waals surface area contributed by atoms with Crippen LogP contribution in [0.2, 0.25) is 0 Å². The van der Waals surface area contributed by atoms with Gasteiger partial charge in [-0.25, -0.2) is 0 Å². The molecule has 24 heavy (non-hydrogen) atoms. The minimum atomic E-state index is -0.189. The molecule has 0 fully saturated rings. The van der Waals surface area contributed by atoms with E-state index < -0.39 is 0 Å². The lowest BCUT2D eigenvalue weighted by molar-refractivity contribution is -0.114. The number of nitrogens with one attached hydrogen (secondary N) is 1. The molecule has 0 unspecified atom stereocenters. The standard InChI is InChI=1S/C18H15BrN2O3/c1-11(22)21-13-8-14(23-2)10-15(9-13)24-18-5-6-20-17-4-3-12(19)7-16(17)18/h3-10H,1-2H3,(H,21,22)/i6D. The Balaban J connectivity index is 2.06. The topological polar surface area (TPSA) is 60.5 Å². The highest BCUT2D eigenvalue weighted by molar-refractivity contribution is 9.10. The molecule has 0 radical (unpaired) electrons. The van der Waals surface area contributed by atoms with Gasteiger partial charge in [0.05, 0.1) is 14.0 Å². The molecule has 2 aromatic carbocycles. The Labute approximate surface area is 149 Å². The Morgan fingerprint density at radius 2 is 2.00 bits per heavy atom. The monoisotopic (exact) mass is 387 g/mol. The Morgan fingerprint density at radius 3 is 2.75 bits per heavy atom. The van der Waals surface area contributed by atoms with Gasteiger partial charge in [-0.05, 0) is 24.3 Å². The highest BCUT2D eigenvalue weighted by Gasteiger charge is 2.08. The third kappa shape index (κ3) is 3.65. The molecule has 3 aromatic rings. The van der Waals surface area contributed by atoms with E-state index in [2.05, 4.69) is 26.2 Å². The molecule has 1 heterocycles. The van der Waals surface area contributed by atoms with E-state index in [1.54, 1.807) is 24.3 Å². The molecule has 1 aromatic heterocycles. The van der Waals surface area contributed by atoms with Gasteiger partial charge in [0.2, 0.25) is 5.91 Å². The quantitative estimate of drug-likeness (QED) is 0.700. The molecule has 0 atom stereocenters. The summed E-state index contributed by atoms with van der Waals surface area (Å²) >= 11 is 3.43. The van der Waals surface area contributed by atoms with Crippen LogP contribution >= 0.6 is 15.9 Å². The lowest BCUT2D eigenvalue weighted by Crippen LogP contribution is -2.06. The summed E-state index contributed by atoms with van der Waals surface area (Å²) < 4.78 is 20.0. The second-order valence-corrected chi connectivity index (χ2v) is 6.01. The first-order valence-electron chi connectivity index (χ1n) is 7.66. The number of hydrogen-bond acceptors (Lipinski definition) is 4. The van der Waals surface area contributed by atoms with E-state index in [1.807, 2.05) is 18.2 Å². The van der Waals surface area contributed by atoms with E-state index in [0.717, 1.165) is 9.86 Å². The smallest absolute Gasteiger partial charge is 0.221 e. The van der Waals surface area contributed by atoms with Crippen molar-refractivity contribution in [3.05, 3.63) is 53.1 Å². The summed E-state index contributed by atoms with van der Waals surface area (Å²) in [5, 5.41) is 3.48. The number of nitrogens with zero attached hydrogens (tertiary/aromatic N) is 1. The van der Waals surface area contributed by atoms with Gasteiger partial charge >= 0.3 is 0 Å². The Hall–Kier alpha value is -2.60. The van der Waals surface area contributed by atoms with Gasteiger partial charge in [0, 0.05) is 46.8 Å². The molecule has 1 N–H and O–H groups in total. The van der Waals surface area contributed by atoms with Crippen LogP contribution in [0, 0.1) is 0 Å². The molecule has 122 valence electrons. The summed E-state index contributed by atoms with van der Waals surface area (Å²) in [5.41, 5.74) is 1.23. The zero-order valence-electron chi connectivity index (χ0n) is 14.1. The van der Waals surface area contributed by atoms with Crippen molar-refractivity contribution in [2.24, 2.45) is 0 Å². The SMILES string of the molecule is [2H]c1cc(Oc2cc(NC(C)=O)cc(OC)c2)c2cc(Br)ccc2n1. The number of hydrogen-bond donors (Lipinski definition) is 1. The molecule has 0 aliphatic rings. The van der Waals surface area contributed by atoms with Gasteiger partial charge in [-0.1, -0.05) is 15.9 Å². The van der Waals surface area contributed by atoms with Gasteiger partial charge in [0.1, 0.15) is 17.2 Å². The normalized spacial score (nSPS) is 11.0. The number of amides is 1. The number of ether oxygens (including phenoxy) is 2. The van der Waals surface area contributed by atoms with E-state index in [1.165, 1.54) is 14.0 Å². The predicted molar refractivity (Wildman–Crippen MR) is 96.8 cm³/mol. The molecule has 5 nitrogen and oxygen atoms in total. The van der Waals surface area contributed by atoms with Crippen LogP contribution in [0.15, 0.2) is 53.1 Å². The van der Waals surface area contributed by atoms with Crippen LogP contribution in [-0.4, -0.2) is 18.0 Å². The maximum absolute atomic E-state index is 11.3. The van der Waals surface area contributed by atoms with Gasteiger partial charge in [-0.2, -0.15) is 0 Å². The van der Waals surface area contributed by atoms with Crippen LogP contribution in [0.1, 0.15) is 8.29 Å². The van der Waals surface area contributed by atoms with E-state index in [4.69, 9.17) is 10.8 Å². The second kappa shape index (κ2) is 6.88. The third-order valence-electron chi connectivity index (χ3n) is 3.27. The van der Waals surface area contributed by atoms with Crippen molar-refractivity contribution in [3.8, 4) is 17.2 Å². The van der Waals surface area contributed by atoms with Crippen LogP contribution < -0.4 is 14.8 Å². The molecule has 6 heteroatoms. The molecular formula is C18H15BrN2O3. The van der Waals surface area contributed by atoms with Crippen molar-refractivity contribution < 1.29 is 15.6 Å². The molecule has 0 aliphatic carbocycles. The highest BCUT2D eigenvalue weighted by Crippen LogP contribution is 2.34. The van der Waals surface area contributed by atoms with Gasteiger partial charge in [-0.3, -0.25) is 9.78 Å². The highest BCUT2D eigenvalue weighted by atomic mass is 79.9. The molecule has 0 saturated carbocycles. The molecule has 0 saturated heterocycles. The van der Waals surface area contributed by atoms with Crippen molar-refractivity contribution in [2.75, 3.05) is 12.4 Å². The summed E-state index contributed by atoms with van der Waals surface area (Å²) in [6.07, 6.45) is 0.106. The van der Waals surface area contributed by atoms with Crippen LogP contribution in [0.25, 0.3) is 10.9 Å². The number of anilines is 1. The lowest BCUT2D eigenvalue weighted by Gasteiger charge is -2.12. The zero-order chi connectivity index (χ0) is 18.0. The second-order valence-electron chi connectivity index (χ2n) is 5.09. The number of carbonyl (C=O) groups excluding carboxylic acids is 1. The molecule has 1 amide bonds. The van der Waals surface area contributed by atoms with Crippen molar-refractivity contribution in [1.29, 1.82) is 0 Å². The van der Waals surface area contributed by atoms with Crippen LogP contribution in [-0.2, 0) is 4.79 Å². The summed E-state index contributed by atoms with van der Waals surface area (Å²) in [5.74, 6) is 1.34. The van der Waals surface area contributed by atoms with Crippen molar-refractivity contribution in [3.63, 3.8) is 0 Å². The summed E-state index contributed by atoms with van der Waals surface area (Å²) in [6, 6.07) is 12.2. The van der Waals surface area contributed by atoms with Crippen LogP contribution in [0.3, 0.4) is 0 Å². The lowest BCUT2D eigenvalue weighted by atomic mass is 10.2. The molecule has 0 spiro atoms. The number of halogens is 1. The average Bonchev–Trinajstić information content (AvgIpc) is 2.54. The van der Waals surface area contributed by atoms with Crippen LogP contribution in [0.5, 0.6) is 17.2 Å². The third-order valence-corrected chi connectivity index (χ3v) is 3.76. The Morgan fingerprint density at radius 1 is 1.21 bits per heavy atom. The fraction of sp³-hybridized carbons (Fsp3) is 0.111. The van der Waals surface area contributed by atoms with E-state index in [0.29, 0.717) is 28.5 Å².